The van der Waals surface area contributed by atoms with E-state index in [9.17, 15) is 28.8 Å². The van der Waals surface area contributed by atoms with Gasteiger partial charge in [0.1, 0.15) is 29.6 Å². The number of fused-ring (bicyclic) bond motifs is 1. The molecule has 0 bridgehead atoms. The third kappa shape index (κ3) is 15.3. The standard InChI is InChI=1S/C40H64N8O11/c1-38(2,3)57-35(52)45-19-12-20-47(37(54)59-40(7,8)9)24-23-46(36(53)58-39(4,5)6)18-11-17-44(21-22-45)29(49)13-10-14-31(50)55-25-28-15-16-30(56-28)48-27-43-32-33(48)41-26-42-34(32)51/h26-28,30H,10-25H2,1-9H3,(H,41,42,51)/t28-,30+/m0/s1. The molecule has 2 atom stereocenters. The number of nitrogens with one attached hydrogen (secondary N) is 1. The van der Waals surface area contributed by atoms with Gasteiger partial charge in [-0.15, -0.1) is 0 Å². The largest absolute Gasteiger partial charge is 0.463 e. The maximum absolute atomic E-state index is 13.7. The molecule has 0 aliphatic carbocycles. The Bertz CT molecular complexity index is 1810. The molecule has 19 nitrogen and oxygen atoms in total. The zero-order valence-electron chi connectivity index (χ0n) is 36.2. The van der Waals surface area contributed by atoms with Gasteiger partial charge in [0.05, 0.1) is 18.8 Å². The van der Waals surface area contributed by atoms with Crippen LogP contribution >= 0.6 is 0 Å². The van der Waals surface area contributed by atoms with E-state index in [1.54, 1.807) is 71.8 Å². The summed E-state index contributed by atoms with van der Waals surface area (Å²) in [6.07, 6.45) is 2.78. The smallest absolute Gasteiger partial charge is 0.410 e. The van der Waals surface area contributed by atoms with Crippen molar-refractivity contribution in [1.29, 1.82) is 0 Å². The summed E-state index contributed by atoms with van der Waals surface area (Å²) in [6.45, 7) is 17.7. The number of carbonyl (C=O) groups is 5. The number of hydrogen-bond acceptors (Lipinski definition) is 13. The average molecular weight is 833 g/mol. The highest BCUT2D eigenvalue weighted by molar-refractivity contribution is 5.77. The van der Waals surface area contributed by atoms with E-state index >= 15 is 0 Å². The molecule has 0 spiro atoms. The van der Waals surface area contributed by atoms with Gasteiger partial charge in [-0.1, -0.05) is 0 Å². The van der Waals surface area contributed by atoms with Crippen molar-refractivity contribution in [2.45, 2.75) is 136 Å². The lowest BCUT2D eigenvalue weighted by atomic mass is 10.2. The highest BCUT2D eigenvalue weighted by atomic mass is 16.6. The van der Waals surface area contributed by atoms with Crippen LogP contribution in [0.2, 0.25) is 0 Å². The van der Waals surface area contributed by atoms with Crippen LogP contribution in [-0.2, 0) is 33.3 Å². The van der Waals surface area contributed by atoms with Crippen LogP contribution in [0.25, 0.3) is 11.2 Å². The van der Waals surface area contributed by atoms with Crippen LogP contribution in [0.4, 0.5) is 14.4 Å². The molecule has 4 heterocycles. The van der Waals surface area contributed by atoms with Crippen molar-refractivity contribution in [1.82, 2.24) is 39.1 Å². The number of esters is 1. The second-order valence-electron chi connectivity index (χ2n) is 17.9. The van der Waals surface area contributed by atoms with Crippen LogP contribution in [0.15, 0.2) is 17.4 Å². The molecule has 0 unspecified atom stereocenters. The van der Waals surface area contributed by atoms with E-state index in [0.29, 0.717) is 31.3 Å². The lowest BCUT2D eigenvalue weighted by Crippen LogP contribution is -2.48. The Balaban J connectivity index is 1.37. The number of ether oxygens (including phenoxy) is 5. The van der Waals surface area contributed by atoms with E-state index in [2.05, 4.69) is 15.0 Å². The van der Waals surface area contributed by atoms with Crippen molar-refractivity contribution in [3.63, 3.8) is 0 Å². The fraction of sp³-hybridized carbons (Fsp3) is 0.750. The molecule has 330 valence electrons. The Hall–Kier alpha value is -4.94. The Morgan fingerprint density at radius 2 is 1.19 bits per heavy atom. The molecule has 0 aromatic carbocycles. The number of H-pyrrole nitrogens is 1. The Kier molecular flexibility index (Phi) is 16.1. The number of aromatic nitrogens is 4. The van der Waals surface area contributed by atoms with Gasteiger partial charge >= 0.3 is 24.2 Å². The minimum atomic E-state index is -0.756. The molecule has 0 radical (unpaired) electrons. The molecule has 2 fully saturated rings. The third-order valence-corrected chi connectivity index (χ3v) is 9.26. The maximum atomic E-state index is 13.7. The van der Waals surface area contributed by atoms with Crippen molar-refractivity contribution in [3.05, 3.63) is 23.0 Å². The summed E-state index contributed by atoms with van der Waals surface area (Å²) in [6, 6.07) is 0. The molecule has 2 aromatic heterocycles. The van der Waals surface area contributed by atoms with E-state index in [1.807, 2.05) is 0 Å². The zero-order chi connectivity index (χ0) is 43.5. The summed E-state index contributed by atoms with van der Waals surface area (Å²) in [5.74, 6) is -0.674. The Morgan fingerprint density at radius 3 is 1.69 bits per heavy atom. The first kappa shape index (κ1) is 46.7. The second kappa shape index (κ2) is 20.4. The zero-order valence-corrected chi connectivity index (χ0v) is 36.2. The maximum Gasteiger partial charge on any atom is 0.410 e. The number of hydrogen-bond donors (Lipinski definition) is 1. The van der Waals surface area contributed by atoms with Gasteiger partial charge < -0.3 is 48.3 Å². The number of rotatable bonds is 7. The lowest BCUT2D eigenvalue weighted by molar-refractivity contribution is -0.148. The summed E-state index contributed by atoms with van der Waals surface area (Å²) < 4.78 is 30.3. The quantitative estimate of drug-likeness (QED) is 0.293. The molecule has 2 aromatic rings. The normalized spacial score (nSPS) is 19.3. The number of carbonyl (C=O) groups excluding carboxylic acids is 5. The van der Waals surface area contributed by atoms with Crippen LogP contribution in [0.5, 0.6) is 0 Å². The molecule has 59 heavy (non-hydrogen) atoms. The van der Waals surface area contributed by atoms with Crippen LogP contribution < -0.4 is 5.56 Å². The summed E-state index contributed by atoms with van der Waals surface area (Å²) in [5.41, 5.74) is -1.96. The lowest BCUT2D eigenvalue weighted by Gasteiger charge is -2.34. The summed E-state index contributed by atoms with van der Waals surface area (Å²) in [7, 11) is 0. The summed E-state index contributed by atoms with van der Waals surface area (Å²) in [5, 5.41) is 0. The molecule has 4 amide bonds. The van der Waals surface area contributed by atoms with Crippen molar-refractivity contribution in [2.75, 3.05) is 59.0 Å². The van der Waals surface area contributed by atoms with Crippen molar-refractivity contribution >= 4 is 41.3 Å². The molecular formula is C40H64N8O11. The van der Waals surface area contributed by atoms with E-state index in [4.69, 9.17) is 23.7 Å². The highest BCUT2D eigenvalue weighted by Crippen LogP contribution is 2.30. The minimum Gasteiger partial charge on any atom is -0.463 e. The molecule has 2 aliphatic heterocycles. The van der Waals surface area contributed by atoms with Gasteiger partial charge in [0.2, 0.25) is 5.91 Å². The van der Waals surface area contributed by atoms with Crippen molar-refractivity contribution in [3.8, 4) is 0 Å². The van der Waals surface area contributed by atoms with Gasteiger partial charge in [-0.25, -0.2) is 24.4 Å². The first-order valence-corrected chi connectivity index (χ1v) is 20.5. The van der Waals surface area contributed by atoms with E-state index in [-0.39, 0.29) is 101 Å². The van der Waals surface area contributed by atoms with Gasteiger partial charge in [-0.3, -0.25) is 19.0 Å². The average Bonchev–Trinajstić information content (AvgIpc) is 3.77. The Labute approximate surface area is 346 Å². The van der Waals surface area contributed by atoms with Gasteiger partial charge in [0, 0.05) is 65.2 Å². The second-order valence-corrected chi connectivity index (χ2v) is 17.9. The summed E-state index contributed by atoms with van der Waals surface area (Å²) >= 11 is 0. The third-order valence-electron chi connectivity index (χ3n) is 9.26. The first-order valence-electron chi connectivity index (χ1n) is 20.5. The van der Waals surface area contributed by atoms with Crippen LogP contribution in [0.1, 0.15) is 113 Å². The van der Waals surface area contributed by atoms with E-state index < -0.39 is 47.3 Å². The fourth-order valence-corrected chi connectivity index (χ4v) is 6.50. The number of amides is 4. The molecule has 1 N–H and O–H groups in total. The fourth-order valence-electron chi connectivity index (χ4n) is 6.50. The number of nitrogens with zero attached hydrogens (tertiary/aromatic N) is 7. The van der Waals surface area contributed by atoms with Gasteiger partial charge in [0.25, 0.3) is 5.56 Å². The molecule has 2 saturated heterocycles. The highest BCUT2D eigenvalue weighted by Gasteiger charge is 2.31. The van der Waals surface area contributed by atoms with E-state index in [0.717, 1.165) is 0 Å². The van der Waals surface area contributed by atoms with Gasteiger partial charge in [-0.2, -0.15) is 0 Å². The van der Waals surface area contributed by atoms with Crippen LogP contribution in [0.3, 0.4) is 0 Å². The molecule has 2 aliphatic rings. The molecule has 0 saturated carbocycles. The SMILES string of the molecule is CC(C)(C)OC(=O)N1CCCN(C(=O)OC(C)(C)C)CCN(C(=O)OC(C)(C)C)CCCN(C(=O)CCCC(=O)OC[C@@H]2CC[C@H](n3cnc4c(=O)[nH]cnc43)O2)CC1. The molecule has 19 heteroatoms. The topological polar surface area (TPSA) is 208 Å². The number of aromatic amines is 1. The molecular weight excluding hydrogens is 768 g/mol. The number of imidazole rings is 1. The van der Waals surface area contributed by atoms with Crippen molar-refractivity contribution in [2.24, 2.45) is 0 Å². The van der Waals surface area contributed by atoms with E-state index in [1.165, 1.54) is 27.4 Å². The van der Waals surface area contributed by atoms with Crippen LogP contribution in [-0.4, -0.2) is 151 Å². The predicted molar refractivity (Wildman–Crippen MR) is 215 cm³/mol. The Morgan fingerprint density at radius 1 is 0.695 bits per heavy atom. The van der Waals surface area contributed by atoms with Gasteiger partial charge in [0.15, 0.2) is 11.2 Å². The molecule has 4 rings (SSSR count). The first-order chi connectivity index (χ1) is 27.6. The summed E-state index contributed by atoms with van der Waals surface area (Å²) in [4.78, 5) is 95.6. The predicted octanol–water partition coefficient (Wildman–Crippen LogP) is 4.84. The minimum absolute atomic E-state index is 0.0131. The van der Waals surface area contributed by atoms with Gasteiger partial charge in [-0.05, 0) is 94.4 Å². The monoisotopic (exact) mass is 832 g/mol. The van der Waals surface area contributed by atoms with Crippen molar-refractivity contribution < 1.29 is 47.7 Å². The van der Waals surface area contributed by atoms with Crippen LogP contribution in [0, 0.1) is 0 Å².